The van der Waals surface area contributed by atoms with E-state index >= 15 is 0 Å². The van der Waals surface area contributed by atoms with E-state index < -0.39 is 0 Å². The van der Waals surface area contributed by atoms with Crippen LogP contribution < -0.4 is 0 Å². The number of Topliss-reactive ketones (excluding diaryl/α,β-unsaturated/α-hetero) is 1. The molecule has 0 saturated carbocycles. The van der Waals surface area contributed by atoms with E-state index in [9.17, 15) is 4.79 Å². The monoisotopic (exact) mass is 319 g/mol. The summed E-state index contributed by atoms with van der Waals surface area (Å²) in [6, 6.07) is 24.5. The molecule has 2 nitrogen and oxygen atoms in total. The second-order valence-electron chi connectivity index (χ2n) is 4.97. The maximum Gasteiger partial charge on any atom is 0.223 e. The normalized spacial score (nSPS) is 10.1. The third kappa shape index (κ3) is 3.38. The summed E-state index contributed by atoms with van der Waals surface area (Å²) in [7, 11) is 0. The highest BCUT2D eigenvalue weighted by atomic mass is 35.5. The molecule has 2 aromatic carbocycles. The van der Waals surface area contributed by atoms with Gasteiger partial charge in [-0.2, -0.15) is 0 Å². The van der Waals surface area contributed by atoms with Crippen LogP contribution in [0.1, 0.15) is 21.6 Å². The fourth-order valence-corrected chi connectivity index (χ4v) is 2.67. The van der Waals surface area contributed by atoms with E-state index in [0.717, 1.165) is 11.1 Å². The van der Waals surface area contributed by atoms with Crippen molar-refractivity contribution in [3.8, 4) is 0 Å². The maximum atomic E-state index is 12.7. The number of rotatable bonds is 4. The molecule has 1 aromatic heterocycles. The maximum absolute atomic E-state index is 12.7. The van der Waals surface area contributed by atoms with E-state index in [-0.39, 0.29) is 10.8 Å². The smallest absolute Gasteiger partial charge is 0.223 e. The van der Waals surface area contributed by atoms with Gasteiger partial charge < -0.3 is 0 Å². The van der Waals surface area contributed by atoms with Crippen molar-refractivity contribution in [1.29, 1.82) is 0 Å². The molecule has 0 radical (unpaired) electrons. The summed E-state index contributed by atoms with van der Waals surface area (Å²) >= 11 is 6.49. The van der Waals surface area contributed by atoms with Gasteiger partial charge in [0, 0.05) is 11.8 Å². The Morgan fingerprint density at radius 1 is 0.739 bits per heavy atom. The Balaban J connectivity index is 2.16. The fraction of sp³-hybridized carbons (Fsp3) is 0. The number of hydrogen-bond donors (Lipinski definition) is 0. The third-order valence-electron chi connectivity index (χ3n) is 3.44. The summed E-state index contributed by atoms with van der Waals surface area (Å²) in [5.74, 6) is -0.282. The van der Waals surface area contributed by atoms with Crippen molar-refractivity contribution in [1.82, 2.24) is 4.98 Å². The van der Waals surface area contributed by atoms with Gasteiger partial charge in [0.25, 0.3) is 0 Å². The topological polar surface area (TPSA) is 30.0 Å². The van der Waals surface area contributed by atoms with Gasteiger partial charge in [0.2, 0.25) is 5.78 Å². The molecule has 0 aliphatic carbocycles. The Labute approximate surface area is 140 Å². The number of hydrogen-bond acceptors (Lipinski definition) is 2. The lowest BCUT2D eigenvalue weighted by Gasteiger charge is -2.11. The molecule has 0 aliphatic heterocycles. The summed E-state index contributed by atoms with van der Waals surface area (Å²) in [4.78, 5) is 16.8. The molecule has 0 spiro atoms. The van der Waals surface area contributed by atoms with E-state index in [1.54, 1.807) is 24.4 Å². The van der Waals surface area contributed by atoms with Gasteiger partial charge in [0.05, 0.1) is 5.03 Å². The predicted molar refractivity (Wildman–Crippen MR) is 93.3 cm³/mol. The molecule has 0 amide bonds. The molecule has 0 saturated heterocycles. The highest BCUT2D eigenvalue weighted by molar-refractivity contribution is 6.48. The molecule has 3 heteroatoms. The van der Waals surface area contributed by atoms with E-state index in [1.165, 1.54) is 0 Å². The van der Waals surface area contributed by atoms with Gasteiger partial charge in [-0.25, -0.2) is 0 Å². The zero-order valence-electron chi connectivity index (χ0n) is 12.3. The van der Waals surface area contributed by atoms with Gasteiger partial charge in [-0.05, 0) is 23.3 Å². The van der Waals surface area contributed by atoms with Crippen LogP contribution in [0.3, 0.4) is 0 Å². The van der Waals surface area contributed by atoms with Crippen molar-refractivity contribution in [2.24, 2.45) is 0 Å². The quantitative estimate of drug-likeness (QED) is 0.502. The highest BCUT2D eigenvalue weighted by Crippen LogP contribution is 2.30. The number of halogens is 1. The van der Waals surface area contributed by atoms with Crippen LogP contribution in [-0.2, 0) is 0 Å². The standard InChI is InChI=1S/C20H14ClNO/c21-19(20(23)17-13-7-8-14-22-17)18(15-9-3-1-4-10-15)16-11-5-2-6-12-16/h1-14H. The van der Waals surface area contributed by atoms with Crippen molar-refractivity contribution < 1.29 is 4.79 Å². The summed E-state index contributed by atoms with van der Waals surface area (Å²) in [6.07, 6.45) is 1.59. The number of nitrogens with zero attached hydrogens (tertiary/aromatic N) is 1. The zero-order chi connectivity index (χ0) is 16.1. The second-order valence-corrected chi connectivity index (χ2v) is 5.34. The molecule has 0 aliphatic rings. The minimum Gasteiger partial charge on any atom is -0.286 e. The largest absolute Gasteiger partial charge is 0.286 e. The van der Waals surface area contributed by atoms with E-state index in [0.29, 0.717) is 11.3 Å². The molecule has 3 aromatic rings. The van der Waals surface area contributed by atoms with Crippen molar-refractivity contribution in [3.05, 3.63) is 107 Å². The third-order valence-corrected chi connectivity index (χ3v) is 3.80. The Hall–Kier alpha value is -2.71. The first-order valence-corrected chi connectivity index (χ1v) is 7.61. The lowest BCUT2D eigenvalue weighted by molar-refractivity contribution is 0.103. The molecule has 0 fully saturated rings. The van der Waals surface area contributed by atoms with Crippen LogP contribution in [0.5, 0.6) is 0 Å². The van der Waals surface area contributed by atoms with Gasteiger partial charge in [-0.3, -0.25) is 9.78 Å². The van der Waals surface area contributed by atoms with Crippen molar-refractivity contribution >= 4 is 23.0 Å². The van der Waals surface area contributed by atoms with Crippen LogP contribution in [0, 0.1) is 0 Å². The molecular formula is C20H14ClNO. The fourth-order valence-electron chi connectivity index (χ4n) is 2.35. The van der Waals surface area contributed by atoms with Gasteiger partial charge in [-0.1, -0.05) is 78.3 Å². The zero-order valence-corrected chi connectivity index (χ0v) is 13.1. The summed E-state index contributed by atoms with van der Waals surface area (Å²) < 4.78 is 0. The summed E-state index contributed by atoms with van der Waals surface area (Å²) in [6.45, 7) is 0. The van der Waals surface area contributed by atoms with Crippen LogP contribution in [0.4, 0.5) is 0 Å². The molecule has 23 heavy (non-hydrogen) atoms. The Kier molecular flexibility index (Phi) is 4.65. The lowest BCUT2D eigenvalue weighted by Crippen LogP contribution is -2.05. The number of benzene rings is 2. The lowest BCUT2D eigenvalue weighted by atomic mass is 9.96. The van der Waals surface area contributed by atoms with Gasteiger partial charge in [0.1, 0.15) is 5.69 Å². The van der Waals surface area contributed by atoms with Gasteiger partial charge in [0.15, 0.2) is 0 Å². The molecule has 112 valence electrons. The van der Waals surface area contributed by atoms with E-state index in [4.69, 9.17) is 11.6 Å². The molecule has 1 heterocycles. The minimum atomic E-state index is -0.282. The van der Waals surface area contributed by atoms with Crippen LogP contribution in [0.25, 0.3) is 5.57 Å². The second kappa shape index (κ2) is 7.03. The average molecular weight is 320 g/mol. The molecular weight excluding hydrogens is 306 g/mol. The van der Waals surface area contributed by atoms with E-state index in [2.05, 4.69) is 4.98 Å². The first-order valence-electron chi connectivity index (χ1n) is 7.23. The number of pyridine rings is 1. The van der Waals surface area contributed by atoms with Crippen LogP contribution in [0.2, 0.25) is 0 Å². The number of carbonyl (C=O) groups is 1. The molecule has 0 bridgehead atoms. The number of ketones is 1. The average Bonchev–Trinajstić information content (AvgIpc) is 2.64. The van der Waals surface area contributed by atoms with Crippen molar-refractivity contribution in [2.45, 2.75) is 0 Å². The molecule has 0 unspecified atom stereocenters. The van der Waals surface area contributed by atoms with Crippen molar-refractivity contribution in [3.63, 3.8) is 0 Å². The number of carbonyl (C=O) groups excluding carboxylic acids is 1. The van der Waals surface area contributed by atoms with Gasteiger partial charge in [-0.15, -0.1) is 0 Å². The number of allylic oxidation sites excluding steroid dienone is 1. The van der Waals surface area contributed by atoms with Crippen LogP contribution in [0.15, 0.2) is 90.1 Å². The predicted octanol–water partition coefficient (Wildman–Crippen LogP) is 4.96. The number of aromatic nitrogens is 1. The van der Waals surface area contributed by atoms with Crippen LogP contribution >= 0.6 is 11.6 Å². The molecule has 0 N–H and O–H groups in total. The Bertz CT molecular complexity index is 786. The van der Waals surface area contributed by atoms with Crippen LogP contribution in [-0.4, -0.2) is 10.8 Å². The summed E-state index contributed by atoms with van der Waals surface area (Å²) in [5, 5.41) is 0.168. The Morgan fingerprint density at radius 3 is 1.74 bits per heavy atom. The highest BCUT2D eigenvalue weighted by Gasteiger charge is 2.18. The van der Waals surface area contributed by atoms with Crippen molar-refractivity contribution in [2.75, 3.05) is 0 Å². The first kappa shape index (κ1) is 15.2. The van der Waals surface area contributed by atoms with Gasteiger partial charge >= 0.3 is 0 Å². The molecule has 3 rings (SSSR count). The summed E-state index contributed by atoms with van der Waals surface area (Å²) in [5.41, 5.74) is 2.84. The van der Waals surface area contributed by atoms with E-state index in [1.807, 2.05) is 60.7 Å². The Morgan fingerprint density at radius 2 is 1.26 bits per heavy atom. The SMILES string of the molecule is O=C(C(Cl)=C(c1ccccc1)c1ccccc1)c1ccccn1. The minimum absolute atomic E-state index is 0.168. The first-order chi connectivity index (χ1) is 11.3. The molecule has 0 atom stereocenters.